The average molecular weight is 434 g/mol. The first-order valence-corrected chi connectivity index (χ1v) is 8.67. The molecule has 1 amide bonds. The molecule has 132 valence electrons. The maximum atomic E-state index is 11.9. The maximum Gasteiger partial charge on any atom is 0.220 e. The quantitative estimate of drug-likeness (QED) is 0.198. The number of amides is 1. The third kappa shape index (κ3) is 8.04. The van der Waals surface area contributed by atoms with Gasteiger partial charge >= 0.3 is 0 Å². The van der Waals surface area contributed by atoms with Crippen molar-refractivity contribution >= 4 is 35.8 Å². The van der Waals surface area contributed by atoms with Crippen LogP contribution in [0.15, 0.2) is 17.1 Å². The molecule has 0 bridgehead atoms. The van der Waals surface area contributed by atoms with Crippen molar-refractivity contribution in [1.82, 2.24) is 16.0 Å². The first kappa shape index (κ1) is 20.3. The van der Waals surface area contributed by atoms with Crippen LogP contribution >= 0.6 is 24.0 Å². The number of guanidine groups is 1. The minimum atomic E-state index is 0. The Labute approximate surface area is 157 Å². The molecule has 0 aromatic rings. The molecule has 0 aromatic carbocycles. The Hall–Kier alpha value is -0.790. The summed E-state index contributed by atoms with van der Waals surface area (Å²) in [7, 11) is 1.78. The molecule has 2 aliphatic rings. The van der Waals surface area contributed by atoms with Gasteiger partial charge in [-0.1, -0.05) is 31.4 Å². The molecule has 0 spiro atoms. The van der Waals surface area contributed by atoms with Crippen LogP contribution in [0.2, 0.25) is 0 Å². The number of aliphatic imine (C=N–C) groups is 1. The molecule has 0 atom stereocenters. The summed E-state index contributed by atoms with van der Waals surface area (Å²) in [6.45, 7) is 1.35. The van der Waals surface area contributed by atoms with E-state index in [1.165, 1.54) is 32.1 Å². The Morgan fingerprint density at radius 2 is 1.74 bits per heavy atom. The van der Waals surface area contributed by atoms with Gasteiger partial charge in [0.2, 0.25) is 5.91 Å². The first-order valence-electron chi connectivity index (χ1n) is 8.67. The van der Waals surface area contributed by atoms with Crippen molar-refractivity contribution in [2.24, 2.45) is 10.9 Å². The Bertz CT molecular complexity index is 397. The van der Waals surface area contributed by atoms with E-state index in [0.29, 0.717) is 31.5 Å². The van der Waals surface area contributed by atoms with Crippen molar-refractivity contribution in [3.05, 3.63) is 12.2 Å². The fourth-order valence-corrected chi connectivity index (χ4v) is 3.23. The lowest BCUT2D eigenvalue weighted by Gasteiger charge is -2.21. The van der Waals surface area contributed by atoms with Crippen molar-refractivity contribution in [2.75, 3.05) is 20.1 Å². The van der Waals surface area contributed by atoms with E-state index in [1.54, 1.807) is 7.05 Å². The van der Waals surface area contributed by atoms with E-state index in [2.05, 4.69) is 33.1 Å². The molecule has 6 heteroatoms. The van der Waals surface area contributed by atoms with Gasteiger partial charge in [-0.3, -0.25) is 9.79 Å². The van der Waals surface area contributed by atoms with Crippen LogP contribution in [0.5, 0.6) is 0 Å². The molecule has 23 heavy (non-hydrogen) atoms. The molecule has 0 radical (unpaired) electrons. The number of nitrogens with one attached hydrogen (secondary N) is 3. The Balaban J connectivity index is 0.00000264. The van der Waals surface area contributed by atoms with E-state index in [9.17, 15) is 4.79 Å². The Kier molecular flexibility index (Phi) is 10.3. The third-order valence-corrected chi connectivity index (χ3v) is 4.51. The lowest BCUT2D eigenvalue weighted by molar-refractivity contribution is -0.122. The molecule has 2 aliphatic carbocycles. The van der Waals surface area contributed by atoms with Gasteiger partial charge in [0.25, 0.3) is 0 Å². The summed E-state index contributed by atoms with van der Waals surface area (Å²) < 4.78 is 0. The summed E-state index contributed by atoms with van der Waals surface area (Å²) >= 11 is 0. The van der Waals surface area contributed by atoms with Crippen LogP contribution in [0.3, 0.4) is 0 Å². The highest BCUT2D eigenvalue weighted by molar-refractivity contribution is 14.0. The number of hydrogen-bond acceptors (Lipinski definition) is 2. The van der Waals surface area contributed by atoms with Crippen LogP contribution in [0, 0.1) is 5.92 Å². The maximum absolute atomic E-state index is 11.9. The number of hydrogen-bond donors (Lipinski definition) is 3. The standard InChI is InChI=1S/C17H30N4O.HI/c1-18-17(21-15-9-5-6-10-15)20-12-11-19-16(22)13-14-7-3-2-4-8-14;/h5-6,14-15H,2-4,7-13H2,1H3,(H,19,22)(H2,18,20,21);1H. The largest absolute Gasteiger partial charge is 0.355 e. The Morgan fingerprint density at radius 1 is 1.09 bits per heavy atom. The molecule has 0 heterocycles. The lowest BCUT2D eigenvalue weighted by Crippen LogP contribution is -2.45. The van der Waals surface area contributed by atoms with Gasteiger partial charge in [0.05, 0.1) is 0 Å². The number of carbonyl (C=O) groups excluding carboxylic acids is 1. The lowest BCUT2D eigenvalue weighted by atomic mass is 9.87. The number of nitrogens with zero attached hydrogens (tertiary/aromatic N) is 1. The molecule has 0 saturated heterocycles. The summed E-state index contributed by atoms with van der Waals surface area (Å²) in [5.74, 6) is 1.61. The van der Waals surface area contributed by atoms with E-state index in [0.717, 1.165) is 18.8 Å². The van der Waals surface area contributed by atoms with Gasteiger partial charge in [-0.25, -0.2) is 0 Å². The van der Waals surface area contributed by atoms with Crippen LogP contribution < -0.4 is 16.0 Å². The zero-order chi connectivity index (χ0) is 15.6. The monoisotopic (exact) mass is 434 g/mol. The van der Waals surface area contributed by atoms with Crippen molar-refractivity contribution in [1.29, 1.82) is 0 Å². The normalized spacial score (nSPS) is 19.3. The van der Waals surface area contributed by atoms with Gasteiger partial charge < -0.3 is 16.0 Å². The van der Waals surface area contributed by atoms with Crippen LogP contribution in [-0.4, -0.2) is 38.0 Å². The minimum absolute atomic E-state index is 0. The second-order valence-corrected chi connectivity index (χ2v) is 6.34. The highest BCUT2D eigenvalue weighted by Gasteiger charge is 2.16. The Morgan fingerprint density at radius 3 is 2.39 bits per heavy atom. The molecular weight excluding hydrogens is 403 g/mol. The second kappa shape index (κ2) is 11.7. The van der Waals surface area contributed by atoms with E-state index >= 15 is 0 Å². The molecule has 2 rings (SSSR count). The van der Waals surface area contributed by atoms with Crippen molar-refractivity contribution < 1.29 is 4.79 Å². The van der Waals surface area contributed by atoms with Gasteiger partial charge in [0.1, 0.15) is 0 Å². The zero-order valence-electron chi connectivity index (χ0n) is 14.1. The van der Waals surface area contributed by atoms with Gasteiger partial charge in [-0.2, -0.15) is 0 Å². The highest BCUT2D eigenvalue weighted by atomic mass is 127. The molecule has 0 unspecified atom stereocenters. The van der Waals surface area contributed by atoms with Gasteiger partial charge in [-0.15, -0.1) is 24.0 Å². The summed E-state index contributed by atoms with van der Waals surface area (Å²) in [6.07, 6.45) is 13.5. The van der Waals surface area contributed by atoms with Crippen molar-refractivity contribution in [3.63, 3.8) is 0 Å². The van der Waals surface area contributed by atoms with Crippen molar-refractivity contribution in [3.8, 4) is 0 Å². The van der Waals surface area contributed by atoms with E-state index in [-0.39, 0.29) is 29.9 Å². The van der Waals surface area contributed by atoms with Gasteiger partial charge in [0.15, 0.2) is 5.96 Å². The summed E-state index contributed by atoms with van der Waals surface area (Å²) in [5.41, 5.74) is 0. The highest BCUT2D eigenvalue weighted by Crippen LogP contribution is 2.25. The smallest absolute Gasteiger partial charge is 0.220 e. The van der Waals surface area contributed by atoms with E-state index < -0.39 is 0 Å². The molecule has 3 N–H and O–H groups in total. The SMILES string of the molecule is CN=C(NCCNC(=O)CC1CCCCC1)NC1CC=CC1.I. The topological polar surface area (TPSA) is 65.5 Å². The summed E-state index contributed by atoms with van der Waals surface area (Å²) in [4.78, 5) is 16.1. The average Bonchev–Trinajstić information content (AvgIpc) is 3.04. The molecule has 1 saturated carbocycles. The van der Waals surface area contributed by atoms with Crippen LogP contribution in [-0.2, 0) is 4.79 Å². The zero-order valence-corrected chi connectivity index (χ0v) is 16.5. The minimum Gasteiger partial charge on any atom is -0.355 e. The number of rotatable bonds is 6. The number of halogens is 1. The van der Waals surface area contributed by atoms with Crippen LogP contribution in [0.25, 0.3) is 0 Å². The van der Waals surface area contributed by atoms with Crippen LogP contribution in [0.4, 0.5) is 0 Å². The second-order valence-electron chi connectivity index (χ2n) is 6.34. The molecule has 0 aliphatic heterocycles. The summed E-state index contributed by atoms with van der Waals surface area (Å²) in [5, 5.41) is 9.64. The molecular formula is C17H31IN4O. The van der Waals surface area contributed by atoms with Gasteiger partial charge in [0, 0.05) is 32.6 Å². The van der Waals surface area contributed by atoms with Crippen molar-refractivity contribution in [2.45, 2.75) is 57.4 Å². The molecule has 0 aromatic heterocycles. The molecule has 5 nitrogen and oxygen atoms in total. The number of carbonyl (C=O) groups is 1. The first-order chi connectivity index (χ1) is 10.8. The van der Waals surface area contributed by atoms with E-state index in [4.69, 9.17) is 0 Å². The molecule has 1 fully saturated rings. The fourth-order valence-electron chi connectivity index (χ4n) is 3.23. The van der Waals surface area contributed by atoms with E-state index in [1.807, 2.05) is 0 Å². The third-order valence-electron chi connectivity index (χ3n) is 4.51. The fraction of sp³-hybridized carbons (Fsp3) is 0.765. The summed E-state index contributed by atoms with van der Waals surface area (Å²) in [6, 6.07) is 0.451. The van der Waals surface area contributed by atoms with Gasteiger partial charge in [-0.05, 0) is 31.6 Å². The predicted molar refractivity (Wildman–Crippen MR) is 106 cm³/mol. The predicted octanol–water partition coefficient (Wildman–Crippen LogP) is 2.57. The van der Waals surface area contributed by atoms with Crippen LogP contribution in [0.1, 0.15) is 51.4 Å².